The van der Waals surface area contributed by atoms with Crippen molar-refractivity contribution in [2.75, 3.05) is 26.5 Å². The smallest absolute Gasteiger partial charge is 0.269 e. The van der Waals surface area contributed by atoms with Gasteiger partial charge in [-0.3, -0.25) is 19.4 Å². The van der Waals surface area contributed by atoms with Crippen LogP contribution in [-0.4, -0.2) is 32.0 Å². The Balaban J connectivity index is 2.10. The van der Waals surface area contributed by atoms with E-state index >= 15 is 0 Å². The van der Waals surface area contributed by atoms with Gasteiger partial charge >= 0.3 is 0 Å². The molecule has 2 aromatic carbocycles. The Morgan fingerprint density at radius 3 is 2.00 bits per heavy atom. The third kappa shape index (κ3) is 3.67. The summed E-state index contributed by atoms with van der Waals surface area (Å²) >= 11 is 0. The number of nitrogens with zero attached hydrogens (tertiary/aromatic N) is 2. The molecule has 0 spiro atoms. The van der Waals surface area contributed by atoms with E-state index in [-0.39, 0.29) is 11.6 Å². The van der Waals surface area contributed by atoms with E-state index in [0.29, 0.717) is 15.7 Å². The molecule has 6 nitrogen and oxygen atoms in total. The second-order valence-corrected chi connectivity index (χ2v) is 5.82. The second-order valence-electron chi connectivity index (χ2n) is 5.82. The minimum Gasteiger partial charge on any atom is -0.322 e. The van der Waals surface area contributed by atoms with Crippen molar-refractivity contribution in [3.05, 3.63) is 64.2 Å². The maximum atomic E-state index is 12.1. The number of non-ortho nitro benzene ring substituents is 1. The van der Waals surface area contributed by atoms with E-state index in [1.807, 2.05) is 24.3 Å². The molecule has 0 atom stereocenters. The number of hydrogen-bond donors (Lipinski definition) is 1. The average molecular weight is 300 g/mol. The number of rotatable bonds is 4. The number of nitrogens with one attached hydrogen (secondary N) is 1. The number of carbonyl (C=O) groups excluding carboxylic acids is 1. The summed E-state index contributed by atoms with van der Waals surface area (Å²) in [5.41, 5.74) is 2.14. The number of nitro benzene ring substituents is 1. The number of anilines is 1. The summed E-state index contributed by atoms with van der Waals surface area (Å²) in [7, 11) is 6.18. The Bertz CT molecular complexity index is 686. The van der Waals surface area contributed by atoms with Crippen LogP contribution in [0.2, 0.25) is 0 Å². The fourth-order valence-corrected chi connectivity index (χ4v) is 1.93. The highest BCUT2D eigenvalue weighted by atomic mass is 16.6. The maximum Gasteiger partial charge on any atom is 0.269 e. The second kappa shape index (κ2) is 5.95. The van der Waals surface area contributed by atoms with Crippen LogP contribution >= 0.6 is 0 Å². The highest BCUT2D eigenvalue weighted by Crippen LogP contribution is 2.20. The first-order chi connectivity index (χ1) is 10.3. The third-order valence-electron chi connectivity index (χ3n) is 3.24. The van der Waals surface area contributed by atoms with Crippen LogP contribution < -0.4 is 9.80 Å². The van der Waals surface area contributed by atoms with Crippen LogP contribution in [0.5, 0.6) is 0 Å². The minimum atomic E-state index is -0.495. The summed E-state index contributed by atoms with van der Waals surface area (Å²) in [5, 5.41) is 13.4. The number of amides is 1. The van der Waals surface area contributed by atoms with Gasteiger partial charge < -0.3 is 5.32 Å². The lowest BCUT2D eigenvalue weighted by molar-refractivity contribution is -0.384. The van der Waals surface area contributed by atoms with E-state index < -0.39 is 4.92 Å². The standard InChI is InChI=1S/C16H17N3O3/c1-19(2,3)15-10-6-13(7-11-15)17-16(20)12-4-8-14(9-5-12)18(21)22/h4-11H,1-3H3/p+1. The summed E-state index contributed by atoms with van der Waals surface area (Å²) in [5.74, 6) is -0.298. The summed E-state index contributed by atoms with van der Waals surface area (Å²) in [6.07, 6.45) is 0. The van der Waals surface area contributed by atoms with Gasteiger partial charge in [0, 0.05) is 35.5 Å². The Kier molecular flexibility index (Phi) is 4.23. The number of hydrogen-bond acceptors (Lipinski definition) is 3. The van der Waals surface area contributed by atoms with Crippen molar-refractivity contribution in [1.29, 1.82) is 0 Å². The van der Waals surface area contributed by atoms with Crippen molar-refractivity contribution in [2.24, 2.45) is 0 Å². The maximum absolute atomic E-state index is 12.1. The van der Waals surface area contributed by atoms with Gasteiger partial charge in [0.1, 0.15) is 5.69 Å². The van der Waals surface area contributed by atoms with Gasteiger partial charge in [-0.1, -0.05) is 0 Å². The topological polar surface area (TPSA) is 72.2 Å². The number of quaternary nitrogens is 1. The lowest BCUT2D eigenvalue weighted by Crippen LogP contribution is -2.34. The molecule has 0 aliphatic rings. The molecule has 0 heterocycles. The SMILES string of the molecule is C[N+](C)(C)c1ccc(NC(=O)c2ccc([N+](=O)[O-])cc2)cc1. The zero-order valence-electron chi connectivity index (χ0n) is 12.7. The summed E-state index contributed by atoms with van der Waals surface area (Å²) in [4.78, 5) is 22.2. The molecule has 0 radical (unpaired) electrons. The molecule has 0 bridgehead atoms. The quantitative estimate of drug-likeness (QED) is 0.536. The first-order valence-corrected chi connectivity index (χ1v) is 6.75. The Morgan fingerprint density at radius 1 is 1.00 bits per heavy atom. The van der Waals surface area contributed by atoms with E-state index in [2.05, 4.69) is 26.5 Å². The van der Waals surface area contributed by atoms with Crippen molar-refractivity contribution in [2.45, 2.75) is 0 Å². The normalized spacial score (nSPS) is 11.0. The first-order valence-electron chi connectivity index (χ1n) is 6.75. The molecular formula is C16H18N3O3+. The van der Waals surface area contributed by atoms with Crippen molar-refractivity contribution >= 4 is 23.0 Å². The van der Waals surface area contributed by atoms with E-state index in [1.54, 1.807) is 0 Å². The van der Waals surface area contributed by atoms with Crippen molar-refractivity contribution in [3.8, 4) is 0 Å². The first kappa shape index (κ1) is 15.7. The predicted molar refractivity (Wildman–Crippen MR) is 87.1 cm³/mol. The third-order valence-corrected chi connectivity index (χ3v) is 3.24. The molecule has 0 aromatic heterocycles. The van der Waals surface area contributed by atoms with E-state index in [4.69, 9.17) is 0 Å². The molecular weight excluding hydrogens is 282 g/mol. The van der Waals surface area contributed by atoms with Gasteiger partial charge in [-0.25, -0.2) is 0 Å². The zero-order chi connectivity index (χ0) is 16.3. The van der Waals surface area contributed by atoms with Crippen LogP contribution in [0.3, 0.4) is 0 Å². The van der Waals surface area contributed by atoms with Gasteiger partial charge in [-0.05, 0) is 24.3 Å². The van der Waals surface area contributed by atoms with E-state index in [9.17, 15) is 14.9 Å². The average Bonchev–Trinajstić information content (AvgIpc) is 2.47. The minimum absolute atomic E-state index is 0.0381. The van der Waals surface area contributed by atoms with Gasteiger partial charge in [0.05, 0.1) is 26.1 Å². The van der Waals surface area contributed by atoms with Gasteiger partial charge in [0.2, 0.25) is 0 Å². The van der Waals surface area contributed by atoms with Gasteiger partial charge in [-0.15, -0.1) is 0 Å². The highest BCUT2D eigenvalue weighted by molar-refractivity contribution is 6.04. The molecule has 0 aliphatic carbocycles. The summed E-state index contributed by atoms with van der Waals surface area (Å²) in [6.45, 7) is 0. The molecule has 22 heavy (non-hydrogen) atoms. The lowest BCUT2D eigenvalue weighted by atomic mass is 10.2. The van der Waals surface area contributed by atoms with Crippen LogP contribution in [0.25, 0.3) is 0 Å². The molecule has 0 aliphatic heterocycles. The monoisotopic (exact) mass is 300 g/mol. The van der Waals surface area contributed by atoms with Crippen molar-refractivity contribution < 1.29 is 9.72 Å². The summed E-state index contributed by atoms with van der Waals surface area (Å²) < 4.78 is 0.691. The molecule has 6 heteroatoms. The Hall–Kier alpha value is -2.73. The van der Waals surface area contributed by atoms with E-state index in [0.717, 1.165) is 5.69 Å². The molecule has 114 valence electrons. The van der Waals surface area contributed by atoms with Crippen LogP contribution in [0.1, 0.15) is 10.4 Å². The summed E-state index contributed by atoms with van der Waals surface area (Å²) in [6, 6.07) is 13.1. The van der Waals surface area contributed by atoms with Crippen LogP contribution in [0.4, 0.5) is 17.1 Å². The van der Waals surface area contributed by atoms with Crippen LogP contribution in [-0.2, 0) is 0 Å². The lowest BCUT2D eigenvalue weighted by Gasteiger charge is -2.23. The van der Waals surface area contributed by atoms with Gasteiger partial charge in [0.25, 0.3) is 11.6 Å². The fourth-order valence-electron chi connectivity index (χ4n) is 1.93. The molecule has 2 aromatic rings. The fraction of sp³-hybridized carbons (Fsp3) is 0.188. The zero-order valence-corrected chi connectivity index (χ0v) is 12.7. The molecule has 0 saturated heterocycles. The molecule has 2 rings (SSSR count). The van der Waals surface area contributed by atoms with Gasteiger partial charge in [-0.2, -0.15) is 0 Å². The van der Waals surface area contributed by atoms with Crippen LogP contribution in [0, 0.1) is 10.1 Å². The predicted octanol–water partition coefficient (Wildman–Crippen LogP) is 3.04. The highest BCUT2D eigenvalue weighted by Gasteiger charge is 2.13. The van der Waals surface area contributed by atoms with Crippen molar-refractivity contribution in [1.82, 2.24) is 4.48 Å². The van der Waals surface area contributed by atoms with Crippen molar-refractivity contribution in [3.63, 3.8) is 0 Å². The molecule has 1 N–H and O–H groups in total. The Morgan fingerprint density at radius 2 is 1.55 bits per heavy atom. The molecule has 0 unspecified atom stereocenters. The number of benzene rings is 2. The number of nitro groups is 1. The Labute approximate surface area is 128 Å². The van der Waals surface area contributed by atoms with E-state index in [1.165, 1.54) is 24.3 Å². The van der Waals surface area contributed by atoms with Crippen LogP contribution in [0.15, 0.2) is 48.5 Å². The molecule has 0 fully saturated rings. The molecule has 0 saturated carbocycles. The largest absolute Gasteiger partial charge is 0.322 e. The van der Waals surface area contributed by atoms with Gasteiger partial charge in [0.15, 0.2) is 0 Å². The molecule has 1 amide bonds. The number of carbonyl (C=O) groups is 1.